The molecule has 0 saturated heterocycles. The molecule has 1 heterocycles. The van der Waals surface area contributed by atoms with Crippen molar-refractivity contribution >= 4 is 11.9 Å². The molecule has 0 aliphatic carbocycles. The predicted octanol–water partition coefficient (Wildman–Crippen LogP) is 0.844. The molecule has 1 aromatic carbocycles. The number of carboxylic acid groups (broad SMARTS) is 1. The van der Waals surface area contributed by atoms with Crippen LogP contribution in [0.3, 0.4) is 0 Å². The number of nitrogens with two attached hydrogens (primary N) is 1. The van der Waals surface area contributed by atoms with Gasteiger partial charge in [0.1, 0.15) is 6.04 Å². The lowest BCUT2D eigenvalue weighted by atomic mass is 10.1. The number of anilines is 1. The molecular formula is C14H16N4O2. The Labute approximate surface area is 116 Å². The minimum absolute atomic E-state index is 0.202. The molecule has 0 fully saturated rings. The van der Waals surface area contributed by atoms with Crippen LogP contribution < -0.4 is 11.1 Å². The minimum atomic E-state index is -0.884. The van der Waals surface area contributed by atoms with Crippen LogP contribution in [0.1, 0.15) is 11.1 Å². The number of hydrogen-bond donors (Lipinski definition) is 3. The molecule has 0 aliphatic heterocycles. The molecule has 0 spiro atoms. The Morgan fingerprint density at radius 1 is 1.20 bits per heavy atom. The molecule has 0 amide bonds. The predicted molar refractivity (Wildman–Crippen MR) is 74.9 cm³/mol. The largest absolute Gasteiger partial charge is 0.480 e. The van der Waals surface area contributed by atoms with Gasteiger partial charge < -0.3 is 10.8 Å². The highest BCUT2D eigenvalue weighted by Crippen LogP contribution is 2.05. The van der Waals surface area contributed by atoms with Crippen molar-refractivity contribution in [2.45, 2.75) is 19.0 Å². The van der Waals surface area contributed by atoms with Crippen LogP contribution in [-0.4, -0.2) is 27.1 Å². The van der Waals surface area contributed by atoms with Crippen molar-refractivity contribution in [3.8, 4) is 0 Å². The molecule has 0 aliphatic rings. The summed E-state index contributed by atoms with van der Waals surface area (Å²) in [6.07, 6.45) is 3.58. The summed E-state index contributed by atoms with van der Waals surface area (Å²) in [6, 6.07) is 8.84. The van der Waals surface area contributed by atoms with E-state index in [4.69, 9.17) is 5.73 Å². The Morgan fingerprint density at radius 3 is 2.45 bits per heavy atom. The van der Waals surface area contributed by atoms with E-state index in [1.165, 1.54) is 0 Å². The van der Waals surface area contributed by atoms with Gasteiger partial charge in [0.2, 0.25) is 5.95 Å². The average molecular weight is 272 g/mol. The van der Waals surface area contributed by atoms with Crippen molar-refractivity contribution in [2.24, 2.45) is 0 Å². The first-order valence-corrected chi connectivity index (χ1v) is 6.21. The normalized spacial score (nSPS) is 12.0. The molecule has 6 nitrogen and oxygen atoms in total. The summed E-state index contributed by atoms with van der Waals surface area (Å²) < 4.78 is 0. The van der Waals surface area contributed by atoms with Crippen LogP contribution in [0.15, 0.2) is 42.7 Å². The molecule has 104 valence electrons. The Bertz CT molecular complexity index is 557. The molecule has 1 unspecified atom stereocenters. The maximum Gasteiger partial charge on any atom is 0.321 e. The topological polar surface area (TPSA) is 101 Å². The second-order valence-corrected chi connectivity index (χ2v) is 4.41. The lowest BCUT2D eigenvalue weighted by Crippen LogP contribution is -2.38. The monoisotopic (exact) mass is 272 g/mol. The smallest absolute Gasteiger partial charge is 0.321 e. The summed E-state index contributed by atoms with van der Waals surface area (Å²) in [6.45, 7) is 0.379. The van der Waals surface area contributed by atoms with E-state index in [0.717, 1.165) is 11.1 Å². The zero-order valence-electron chi connectivity index (χ0n) is 10.9. The third kappa shape index (κ3) is 4.03. The van der Waals surface area contributed by atoms with Crippen LogP contribution in [0.5, 0.6) is 0 Å². The van der Waals surface area contributed by atoms with E-state index in [2.05, 4.69) is 15.3 Å². The van der Waals surface area contributed by atoms with E-state index >= 15 is 0 Å². The molecular weight excluding hydrogens is 256 g/mol. The standard InChI is InChI=1S/C14H16N4O2/c15-14-17-8-11(9-18-14)7-16-12(13(19)20)6-10-4-2-1-3-5-10/h1-5,8-9,12,16H,6-7H2,(H,19,20)(H2,15,17,18). The maximum atomic E-state index is 11.3. The highest BCUT2D eigenvalue weighted by Gasteiger charge is 2.17. The summed E-state index contributed by atoms with van der Waals surface area (Å²) in [4.78, 5) is 19.0. The lowest BCUT2D eigenvalue weighted by Gasteiger charge is -2.14. The SMILES string of the molecule is Nc1ncc(CNC(Cc2ccccc2)C(=O)O)cn1. The van der Waals surface area contributed by atoms with Crippen LogP contribution >= 0.6 is 0 Å². The molecule has 2 rings (SSSR count). The van der Waals surface area contributed by atoms with Crippen LogP contribution in [0.4, 0.5) is 5.95 Å². The van der Waals surface area contributed by atoms with E-state index in [0.29, 0.717) is 13.0 Å². The van der Waals surface area contributed by atoms with Crippen LogP contribution in [-0.2, 0) is 17.8 Å². The number of carbonyl (C=O) groups is 1. The summed E-state index contributed by atoms with van der Waals surface area (Å²) in [5.41, 5.74) is 7.16. The molecule has 6 heteroatoms. The molecule has 20 heavy (non-hydrogen) atoms. The van der Waals surface area contributed by atoms with Crippen molar-refractivity contribution in [1.82, 2.24) is 15.3 Å². The van der Waals surface area contributed by atoms with Crippen LogP contribution in [0.2, 0.25) is 0 Å². The molecule has 1 atom stereocenters. The van der Waals surface area contributed by atoms with Gasteiger partial charge in [-0.05, 0) is 12.0 Å². The van der Waals surface area contributed by atoms with Gasteiger partial charge in [0.25, 0.3) is 0 Å². The second kappa shape index (κ2) is 6.63. The highest BCUT2D eigenvalue weighted by atomic mass is 16.4. The zero-order valence-corrected chi connectivity index (χ0v) is 10.9. The Kier molecular flexibility index (Phi) is 4.62. The Hall–Kier alpha value is -2.47. The van der Waals surface area contributed by atoms with Crippen molar-refractivity contribution in [3.63, 3.8) is 0 Å². The van der Waals surface area contributed by atoms with Gasteiger partial charge in [0, 0.05) is 24.5 Å². The fourth-order valence-electron chi connectivity index (χ4n) is 1.79. The minimum Gasteiger partial charge on any atom is -0.480 e. The van der Waals surface area contributed by atoms with Gasteiger partial charge >= 0.3 is 5.97 Å². The quantitative estimate of drug-likeness (QED) is 0.720. The fraction of sp³-hybridized carbons (Fsp3) is 0.214. The third-order valence-corrected chi connectivity index (χ3v) is 2.86. The van der Waals surface area contributed by atoms with E-state index in [-0.39, 0.29) is 5.95 Å². The first-order valence-electron chi connectivity index (χ1n) is 6.21. The van der Waals surface area contributed by atoms with Gasteiger partial charge in [-0.2, -0.15) is 0 Å². The van der Waals surface area contributed by atoms with Gasteiger partial charge in [-0.25, -0.2) is 9.97 Å². The highest BCUT2D eigenvalue weighted by molar-refractivity contribution is 5.73. The molecule has 2 aromatic rings. The van der Waals surface area contributed by atoms with E-state index in [9.17, 15) is 9.90 Å². The third-order valence-electron chi connectivity index (χ3n) is 2.86. The van der Waals surface area contributed by atoms with Crippen molar-refractivity contribution < 1.29 is 9.90 Å². The van der Waals surface area contributed by atoms with Gasteiger partial charge in [-0.1, -0.05) is 30.3 Å². The number of aliphatic carboxylic acids is 1. The number of nitrogens with zero attached hydrogens (tertiary/aromatic N) is 2. The van der Waals surface area contributed by atoms with Crippen LogP contribution in [0, 0.1) is 0 Å². The maximum absolute atomic E-state index is 11.3. The number of aromatic nitrogens is 2. The van der Waals surface area contributed by atoms with Crippen molar-refractivity contribution in [1.29, 1.82) is 0 Å². The van der Waals surface area contributed by atoms with Gasteiger partial charge in [0.15, 0.2) is 0 Å². The number of hydrogen-bond acceptors (Lipinski definition) is 5. The molecule has 0 bridgehead atoms. The van der Waals surface area contributed by atoms with E-state index in [1.54, 1.807) is 12.4 Å². The first-order chi connectivity index (χ1) is 9.65. The number of benzene rings is 1. The number of nitrogens with one attached hydrogen (secondary N) is 1. The van der Waals surface area contributed by atoms with E-state index < -0.39 is 12.0 Å². The Morgan fingerprint density at radius 2 is 1.85 bits per heavy atom. The molecule has 1 aromatic heterocycles. The number of carboxylic acids is 1. The summed E-state index contributed by atoms with van der Waals surface area (Å²) >= 11 is 0. The van der Waals surface area contributed by atoms with Gasteiger partial charge in [-0.3, -0.25) is 10.1 Å². The fourth-order valence-corrected chi connectivity index (χ4v) is 1.79. The molecule has 0 saturated carbocycles. The van der Waals surface area contributed by atoms with Crippen molar-refractivity contribution in [2.75, 3.05) is 5.73 Å². The van der Waals surface area contributed by atoms with Gasteiger partial charge in [-0.15, -0.1) is 0 Å². The van der Waals surface area contributed by atoms with E-state index in [1.807, 2.05) is 30.3 Å². The average Bonchev–Trinajstić information content (AvgIpc) is 2.46. The summed E-state index contributed by atoms with van der Waals surface area (Å²) in [5.74, 6) is -0.682. The number of nitrogen functional groups attached to an aromatic ring is 1. The van der Waals surface area contributed by atoms with Crippen LogP contribution in [0.25, 0.3) is 0 Å². The first kappa shape index (κ1) is 14.0. The summed E-state index contributed by atoms with van der Waals surface area (Å²) in [5, 5.41) is 12.2. The zero-order chi connectivity index (χ0) is 14.4. The van der Waals surface area contributed by atoms with Gasteiger partial charge in [0.05, 0.1) is 0 Å². The molecule has 4 N–H and O–H groups in total. The summed E-state index contributed by atoms with van der Waals surface area (Å²) in [7, 11) is 0. The Balaban J connectivity index is 1.96. The molecule has 0 radical (unpaired) electrons. The number of rotatable bonds is 6. The second-order valence-electron chi connectivity index (χ2n) is 4.41. The lowest BCUT2D eigenvalue weighted by molar-refractivity contribution is -0.139. The van der Waals surface area contributed by atoms with Crippen molar-refractivity contribution in [3.05, 3.63) is 53.9 Å².